The Balaban J connectivity index is 0.00000306. The smallest absolute Gasteiger partial charge is 0.261 e. The number of nitrogens with one attached hydrogen (secondary N) is 2. The largest absolute Gasteiger partial charge is 0.357 e. The Morgan fingerprint density at radius 3 is 2.55 bits per heavy atom. The predicted octanol–water partition coefficient (Wildman–Crippen LogP) is 2.40. The molecule has 4 rings (SSSR count). The van der Waals surface area contributed by atoms with Crippen LogP contribution in [0.5, 0.6) is 0 Å². The molecule has 3 heterocycles. The first kappa shape index (κ1) is 25.1. The van der Waals surface area contributed by atoms with E-state index in [9.17, 15) is 9.59 Å². The van der Waals surface area contributed by atoms with Gasteiger partial charge in [0.2, 0.25) is 0 Å². The van der Waals surface area contributed by atoms with Crippen LogP contribution in [0.2, 0.25) is 0 Å². The number of imide groups is 1. The lowest BCUT2D eigenvalue weighted by atomic mass is 10.1. The molecular weight excluding hydrogens is 533 g/mol. The van der Waals surface area contributed by atoms with Crippen molar-refractivity contribution in [3.05, 3.63) is 47.0 Å². The number of rotatable bonds is 8. The molecule has 2 aliphatic rings. The summed E-state index contributed by atoms with van der Waals surface area (Å²) in [6, 6.07) is 7.26. The summed E-state index contributed by atoms with van der Waals surface area (Å²) in [6.07, 6.45) is 4.26. The highest BCUT2D eigenvalue weighted by atomic mass is 127. The normalized spacial score (nSPS) is 17.5. The molecule has 0 saturated carbocycles. The van der Waals surface area contributed by atoms with E-state index in [1.54, 1.807) is 24.3 Å². The molecule has 10 heteroatoms. The van der Waals surface area contributed by atoms with Crippen molar-refractivity contribution >= 4 is 41.8 Å². The summed E-state index contributed by atoms with van der Waals surface area (Å²) >= 11 is 0. The molecule has 0 aliphatic carbocycles. The molecule has 1 atom stereocenters. The second-order valence-corrected chi connectivity index (χ2v) is 8.14. The van der Waals surface area contributed by atoms with E-state index in [2.05, 4.69) is 32.6 Å². The number of nitrogens with zero attached hydrogens (tertiary/aromatic N) is 5. The number of benzene rings is 1. The number of guanidine groups is 1. The van der Waals surface area contributed by atoms with Crippen LogP contribution in [0, 0.1) is 0 Å². The standard InChI is InChI=1S/C23H31N7O2.HI/c1-3-19-27-20-12-11-16(15-30(20)28-19)26-23(24-4-2)25-13-7-8-14-29-21(31)17-9-5-6-10-18(17)22(29)32;/h5-6,9-10,16H,3-4,7-8,11-15H2,1-2H3,(H2,24,25,26);1H. The number of aromatic nitrogens is 3. The van der Waals surface area contributed by atoms with Gasteiger partial charge in [-0.1, -0.05) is 19.1 Å². The van der Waals surface area contributed by atoms with E-state index in [1.807, 2.05) is 11.6 Å². The lowest BCUT2D eigenvalue weighted by Gasteiger charge is -2.25. The van der Waals surface area contributed by atoms with Gasteiger partial charge in [0.25, 0.3) is 11.8 Å². The average molecular weight is 565 g/mol. The number of carbonyl (C=O) groups excluding carboxylic acids is 2. The Kier molecular flexibility index (Phi) is 8.81. The topological polar surface area (TPSA) is 105 Å². The van der Waals surface area contributed by atoms with Crippen molar-refractivity contribution in [3.63, 3.8) is 0 Å². The Morgan fingerprint density at radius 2 is 1.88 bits per heavy atom. The molecule has 1 aromatic heterocycles. The van der Waals surface area contributed by atoms with Crippen LogP contribution >= 0.6 is 24.0 Å². The third kappa shape index (κ3) is 5.71. The number of carbonyl (C=O) groups is 2. The monoisotopic (exact) mass is 565 g/mol. The van der Waals surface area contributed by atoms with Gasteiger partial charge in [0, 0.05) is 38.5 Å². The van der Waals surface area contributed by atoms with Gasteiger partial charge < -0.3 is 10.6 Å². The molecule has 0 radical (unpaired) electrons. The zero-order valence-electron chi connectivity index (χ0n) is 19.2. The van der Waals surface area contributed by atoms with Crippen molar-refractivity contribution in [1.82, 2.24) is 30.3 Å². The van der Waals surface area contributed by atoms with E-state index in [0.717, 1.165) is 62.8 Å². The number of aryl methyl sites for hydroxylation is 2. The maximum Gasteiger partial charge on any atom is 0.261 e. The second kappa shape index (κ2) is 11.6. The predicted molar refractivity (Wildman–Crippen MR) is 137 cm³/mol. The fraction of sp³-hybridized carbons (Fsp3) is 0.522. The fourth-order valence-electron chi connectivity index (χ4n) is 4.16. The fourth-order valence-corrected chi connectivity index (χ4v) is 4.16. The molecule has 1 unspecified atom stereocenters. The third-order valence-electron chi connectivity index (χ3n) is 5.84. The van der Waals surface area contributed by atoms with E-state index in [4.69, 9.17) is 0 Å². The summed E-state index contributed by atoms with van der Waals surface area (Å²) in [7, 11) is 0. The molecule has 2 N–H and O–H groups in total. The molecule has 178 valence electrons. The first-order chi connectivity index (χ1) is 15.6. The maximum atomic E-state index is 12.4. The first-order valence-electron chi connectivity index (χ1n) is 11.5. The Labute approximate surface area is 211 Å². The highest BCUT2D eigenvalue weighted by Gasteiger charge is 2.34. The number of halogens is 1. The molecular formula is C23H32IN7O2. The van der Waals surface area contributed by atoms with Gasteiger partial charge in [-0.3, -0.25) is 19.5 Å². The van der Waals surface area contributed by atoms with Gasteiger partial charge in [-0.2, -0.15) is 5.10 Å². The Bertz CT molecular complexity index is 985. The molecule has 2 amide bonds. The van der Waals surface area contributed by atoms with E-state index in [1.165, 1.54) is 4.90 Å². The Hall–Kier alpha value is -2.50. The molecule has 0 bridgehead atoms. The summed E-state index contributed by atoms with van der Waals surface area (Å²) in [5.74, 6) is 2.37. The van der Waals surface area contributed by atoms with Crippen molar-refractivity contribution in [2.45, 2.75) is 58.5 Å². The van der Waals surface area contributed by atoms with Crippen LogP contribution in [0.15, 0.2) is 29.3 Å². The van der Waals surface area contributed by atoms with Gasteiger partial charge >= 0.3 is 0 Å². The lowest BCUT2D eigenvalue weighted by Crippen LogP contribution is -2.47. The van der Waals surface area contributed by atoms with Gasteiger partial charge in [0.05, 0.1) is 17.7 Å². The number of fused-ring (bicyclic) bond motifs is 2. The summed E-state index contributed by atoms with van der Waals surface area (Å²) in [4.78, 5) is 35.5. The zero-order valence-corrected chi connectivity index (χ0v) is 21.5. The zero-order chi connectivity index (χ0) is 22.5. The number of unbranched alkanes of at least 4 members (excludes halogenated alkanes) is 1. The van der Waals surface area contributed by atoms with Crippen LogP contribution in [0.4, 0.5) is 0 Å². The van der Waals surface area contributed by atoms with E-state index < -0.39 is 0 Å². The molecule has 0 spiro atoms. The molecule has 2 aliphatic heterocycles. The highest BCUT2D eigenvalue weighted by Crippen LogP contribution is 2.22. The van der Waals surface area contributed by atoms with Gasteiger partial charge in [-0.15, -0.1) is 24.0 Å². The summed E-state index contributed by atoms with van der Waals surface area (Å²) in [6.45, 7) is 6.72. The summed E-state index contributed by atoms with van der Waals surface area (Å²) < 4.78 is 2.01. The van der Waals surface area contributed by atoms with Crippen molar-refractivity contribution in [2.75, 3.05) is 19.6 Å². The number of hydrogen-bond acceptors (Lipinski definition) is 5. The van der Waals surface area contributed by atoms with Crippen molar-refractivity contribution in [3.8, 4) is 0 Å². The van der Waals surface area contributed by atoms with Crippen LogP contribution in [0.25, 0.3) is 0 Å². The molecule has 0 fully saturated rings. The minimum atomic E-state index is -0.194. The van der Waals surface area contributed by atoms with Crippen LogP contribution in [-0.2, 0) is 19.4 Å². The molecule has 2 aromatic rings. The van der Waals surface area contributed by atoms with E-state index in [0.29, 0.717) is 24.2 Å². The van der Waals surface area contributed by atoms with E-state index >= 15 is 0 Å². The SMILES string of the molecule is CCNC(=NCCCCN1C(=O)c2ccccc2C1=O)NC1CCc2nc(CC)nn2C1.I. The van der Waals surface area contributed by atoms with E-state index in [-0.39, 0.29) is 41.8 Å². The third-order valence-corrected chi connectivity index (χ3v) is 5.84. The average Bonchev–Trinajstić information content (AvgIpc) is 3.33. The molecule has 0 saturated heterocycles. The minimum Gasteiger partial charge on any atom is -0.357 e. The summed E-state index contributed by atoms with van der Waals surface area (Å²) in [5, 5.41) is 11.4. The minimum absolute atomic E-state index is 0. The quantitative estimate of drug-likeness (QED) is 0.168. The highest BCUT2D eigenvalue weighted by molar-refractivity contribution is 14.0. The molecule has 1 aromatic carbocycles. The van der Waals surface area contributed by atoms with Crippen molar-refractivity contribution < 1.29 is 9.59 Å². The summed E-state index contributed by atoms with van der Waals surface area (Å²) in [5.41, 5.74) is 1.01. The van der Waals surface area contributed by atoms with Gasteiger partial charge in [0.1, 0.15) is 5.82 Å². The van der Waals surface area contributed by atoms with Gasteiger partial charge in [-0.05, 0) is 38.3 Å². The van der Waals surface area contributed by atoms with Gasteiger partial charge in [0.15, 0.2) is 11.8 Å². The van der Waals surface area contributed by atoms with Crippen LogP contribution < -0.4 is 10.6 Å². The van der Waals surface area contributed by atoms with Crippen LogP contribution in [0.1, 0.15) is 65.5 Å². The number of aliphatic imine (C=N–C) groups is 1. The van der Waals surface area contributed by atoms with Crippen molar-refractivity contribution in [2.24, 2.45) is 4.99 Å². The number of amides is 2. The molecule has 33 heavy (non-hydrogen) atoms. The first-order valence-corrected chi connectivity index (χ1v) is 11.5. The number of hydrogen-bond donors (Lipinski definition) is 2. The Morgan fingerprint density at radius 1 is 1.15 bits per heavy atom. The lowest BCUT2D eigenvalue weighted by molar-refractivity contribution is 0.0652. The second-order valence-electron chi connectivity index (χ2n) is 8.14. The van der Waals surface area contributed by atoms with Crippen LogP contribution in [0.3, 0.4) is 0 Å². The molecule has 9 nitrogen and oxygen atoms in total. The van der Waals surface area contributed by atoms with Crippen molar-refractivity contribution in [1.29, 1.82) is 0 Å². The van der Waals surface area contributed by atoms with Crippen LogP contribution in [-0.4, -0.2) is 63.1 Å². The maximum absolute atomic E-state index is 12.4. The van der Waals surface area contributed by atoms with Gasteiger partial charge in [-0.25, -0.2) is 9.67 Å².